The third kappa shape index (κ3) is 3.32. The van der Waals surface area contributed by atoms with Gasteiger partial charge in [0, 0.05) is 34.9 Å². The highest BCUT2D eigenvalue weighted by Crippen LogP contribution is 2.31. The minimum atomic E-state index is 0.458. The zero-order chi connectivity index (χ0) is 14.7. The molecule has 1 aromatic carbocycles. The summed E-state index contributed by atoms with van der Waals surface area (Å²) in [6.45, 7) is 5.52. The standard InChI is InChI=1S/C15H22BrN3S/c1-3-11-10-18(2)8-5-9-19(11)13-7-4-6-12(16)14(13)15(17)20/h4,6-7,11H,3,5,8-10H2,1-2H3,(H2,17,20). The Morgan fingerprint density at radius 3 is 2.85 bits per heavy atom. The van der Waals surface area contributed by atoms with Gasteiger partial charge in [0.05, 0.1) is 0 Å². The topological polar surface area (TPSA) is 32.5 Å². The average Bonchev–Trinajstić information content (AvgIpc) is 2.59. The molecule has 0 spiro atoms. The van der Waals surface area contributed by atoms with Crippen molar-refractivity contribution in [2.24, 2.45) is 5.73 Å². The fourth-order valence-electron chi connectivity index (χ4n) is 2.91. The fraction of sp³-hybridized carbons (Fsp3) is 0.533. The Labute approximate surface area is 135 Å². The van der Waals surface area contributed by atoms with Crippen LogP contribution in [0, 0.1) is 0 Å². The second-order valence-electron chi connectivity index (χ2n) is 5.37. The van der Waals surface area contributed by atoms with E-state index in [1.165, 1.54) is 0 Å². The Kier molecular flexibility index (Phi) is 5.41. The maximum absolute atomic E-state index is 5.94. The number of nitrogens with two attached hydrogens (primary N) is 1. The van der Waals surface area contributed by atoms with E-state index in [0.717, 1.165) is 48.2 Å². The van der Waals surface area contributed by atoms with Gasteiger partial charge in [0.1, 0.15) is 4.99 Å². The highest BCUT2D eigenvalue weighted by Gasteiger charge is 2.25. The first-order valence-electron chi connectivity index (χ1n) is 7.08. The third-order valence-corrected chi connectivity index (χ3v) is 4.79. The van der Waals surface area contributed by atoms with Crippen LogP contribution in [-0.4, -0.2) is 42.6 Å². The van der Waals surface area contributed by atoms with E-state index in [-0.39, 0.29) is 0 Å². The van der Waals surface area contributed by atoms with Crippen LogP contribution in [0.3, 0.4) is 0 Å². The Hall–Kier alpha value is -0.650. The quantitative estimate of drug-likeness (QED) is 0.844. The van der Waals surface area contributed by atoms with Crippen molar-refractivity contribution in [2.45, 2.75) is 25.8 Å². The highest BCUT2D eigenvalue weighted by atomic mass is 79.9. The first-order valence-corrected chi connectivity index (χ1v) is 8.28. The molecule has 2 N–H and O–H groups in total. The molecule has 5 heteroatoms. The Morgan fingerprint density at radius 2 is 2.20 bits per heavy atom. The van der Waals surface area contributed by atoms with Crippen LogP contribution in [0.2, 0.25) is 0 Å². The number of thiocarbonyl (C=S) groups is 1. The van der Waals surface area contributed by atoms with E-state index in [9.17, 15) is 0 Å². The minimum absolute atomic E-state index is 0.458. The molecule has 1 aliphatic rings. The smallest absolute Gasteiger partial charge is 0.107 e. The summed E-state index contributed by atoms with van der Waals surface area (Å²) >= 11 is 8.83. The van der Waals surface area contributed by atoms with E-state index in [4.69, 9.17) is 18.0 Å². The Morgan fingerprint density at radius 1 is 1.45 bits per heavy atom. The molecular formula is C15H22BrN3S. The fourth-order valence-corrected chi connectivity index (χ4v) is 3.82. The molecule has 0 amide bonds. The predicted octanol–water partition coefficient (Wildman–Crippen LogP) is 3.00. The van der Waals surface area contributed by atoms with Gasteiger partial charge in [0.15, 0.2) is 0 Å². The number of hydrogen-bond donors (Lipinski definition) is 1. The summed E-state index contributed by atoms with van der Waals surface area (Å²) in [5, 5.41) is 0. The van der Waals surface area contributed by atoms with Gasteiger partial charge in [-0.3, -0.25) is 0 Å². The van der Waals surface area contributed by atoms with E-state index in [2.05, 4.69) is 51.8 Å². The van der Waals surface area contributed by atoms with Crippen LogP contribution in [0.15, 0.2) is 22.7 Å². The zero-order valence-corrected chi connectivity index (χ0v) is 14.5. The van der Waals surface area contributed by atoms with Gasteiger partial charge in [-0.25, -0.2) is 0 Å². The van der Waals surface area contributed by atoms with Gasteiger partial charge >= 0.3 is 0 Å². The Bertz CT molecular complexity index is 492. The van der Waals surface area contributed by atoms with Gasteiger partial charge in [-0.15, -0.1) is 0 Å². The molecule has 1 saturated heterocycles. The average molecular weight is 356 g/mol. The number of halogens is 1. The maximum Gasteiger partial charge on any atom is 0.107 e. The van der Waals surface area contributed by atoms with Gasteiger partial charge in [-0.05, 0) is 54.5 Å². The molecule has 0 bridgehead atoms. The lowest BCUT2D eigenvalue weighted by atomic mass is 10.1. The van der Waals surface area contributed by atoms with E-state index >= 15 is 0 Å². The van der Waals surface area contributed by atoms with Crippen LogP contribution >= 0.6 is 28.1 Å². The van der Waals surface area contributed by atoms with Gasteiger partial charge in [-0.1, -0.05) is 25.2 Å². The van der Waals surface area contributed by atoms with Crippen molar-refractivity contribution >= 4 is 38.8 Å². The molecule has 1 aliphatic heterocycles. The molecule has 0 saturated carbocycles. The summed E-state index contributed by atoms with van der Waals surface area (Å²) in [4.78, 5) is 5.34. The van der Waals surface area contributed by atoms with E-state index in [1.807, 2.05) is 6.07 Å². The summed E-state index contributed by atoms with van der Waals surface area (Å²) in [6, 6.07) is 6.70. The van der Waals surface area contributed by atoms with Crippen molar-refractivity contribution in [3.05, 3.63) is 28.2 Å². The van der Waals surface area contributed by atoms with E-state index in [0.29, 0.717) is 11.0 Å². The molecule has 1 aromatic rings. The molecule has 0 aromatic heterocycles. The minimum Gasteiger partial charge on any atom is -0.389 e. The monoisotopic (exact) mass is 355 g/mol. The van der Waals surface area contributed by atoms with Crippen LogP contribution < -0.4 is 10.6 Å². The summed E-state index contributed by atoms with van der Waals surface area (Å²) < 4.78 is 0.981. The molecule has 1 fully saturated rings. The summed E-state index contributed by atoms with van der Waals surface area (Å²) in [5.41, 5.74) is 8.06. The number of anilines is 1. The number of likely N-dealkylation sites (N-methyl/N-ethyl adjacent to an activating group) is 1. The van der Waals surface area contributed by atoms with Crippen molar-refractivity contribution in [3.8, 4) is 0 Å². The van der Waals surface area contributed by atoms with Crippen molar-refractivity contribution in [1.82, 2.24) is 4.90 Å². The molecular weight excluding hydrogens is 334 g/mol. The molecule has 1 atom stereocenters. The molecule has 0 radical (unpaired) electrons. The first kappa shape index (κ1) is 15.7. The van der Waals surface area contributed by atoms with Crippen LogP contribution in [0.1, 0.15) is 25.3 Å². The van der Waals surface area contributed by atoms with Crippen molar-refractivity contribution in [3.63, 3.8) is 0 Å². The highest BCUT2D eigenvalue weighted by molar-refractivity contribution is 9.10. The molecule has 3 nitrogen and oxygen atoms in total. The largest absolute Gasteiger partial charge is 0.389 e. The van der Waals surface area contributed by atoms with E-state index < -0.39 is 0 Å². The molecule has 1 heterocycles. The van der Waals surface area contributed by atoms with Gasteiger partial charge in [0.2, 0.25) is 0 Å². The van der Waals surface area contributed by atoms with Gasteiger partial charge in [-0.2, -0.15) is 0 Å². The lowest BCUT2D eigenvalue weighted by molar-refractivity contribution is 0.328. The molecule has 2 rings (SSSR count). The number of rotatable bonds is 3. The van der Waals surface area contributed by atoms with Crippen LogP contribution in [-0.2, 0) is 0 Å². The lowest BCUT2D eigenvalue weighted by Gasteiger charge is -2.34. The molecule has 1 unspecified atom stereocenters. The summed E-state index contributed by atoms with van der Waals surface area (Å²) in [5.74, 6) is 0. The number of hydrogen-bond acceptors (Lipinski definition) is 3. The van der Waals surface area contributed by atoms with Crippen LogP contribution in [0.25, 0.3) is 0 Å². The normalized spacial score (nSPS) is 20.8. The summed E-state index contributed by atoms with van der Waals surface area (Å²) in [7, 11) is 2.20. The van der Waals surface area contributed by atoms with Crippen molar-refractivity contribution < 1.29 is 0 Å². The first-order chi connectivity index (χ1) is 9.54. The third-order valence-electron chi connectivity index (χ3n) is 3.92. The Balaban J connectivity index is 2.43. The maximum atomic E-state index is 5.94. The van der Waals surface area contributed by atoms with E-state index in [1.54, 1.807) is 0 Å². The molecule has 110 valence electrons. The number of nitrogens with zero attached hydrogens (tertiary/aromatic N) is 2. The van der Waals surface area contributed by atoms with Gasteiger partial charge in [0.25, 0.3) is 0 Å². The zero-order valence-electron chi connectivity index (χ0n) is 12.1. The SMILES string of the molecule is CCC1CN(C)CCCN1c1cccc(Br)c1C(N)=S. The lowest BCUT2D eigenvalue weighted by Crippen LogP contribution is -2.40. The van der Waals surface area contributed by atoms with Gasteiger partial charge < -0.3 is 15.5 Å². The van der Waals surface area contributed by atoms with Crippen molar-refractivity contribution in [1.29, 1.82) is 0 Å². The number of benzene rings is 1. The second-order valence-corrected chi connectivity index (χ2v) is 6.66. The molecule has 20 heavy (non-hydrogen) atoms. The van der Waals surface area contributed by atoms with Crippen LogP contribution in [0.4, 0.5) is 5.69 Å². The van der Waals surface area contributed by atoms with Crippen molar-refractivity contribution in [2.75, 3.05) is 31.6 Å². The second kappa shape index (κ2) is 6.87. The molecule has 0 aliphatic carbocycles. The van der Waals surface area contributed by atoms with Crippen LogP contribution in [0.5, 0.6) is 0 Å². The summed E-state index contributed by atoms with van der Waals surface area (Å²) in [6.07, 6.45) is 2.28. The predicted molar refractivity (Wildman–Crippen MR) is 93.6 cm³/mol.